The third kappa shape index (κ3) is 6.18. The van der Waals surface area contributed by atoms with Gasteiger partial charge in [-0.1, -0.05) is 59.3 Å². The summed E-state index contributed by atoms with van der Waals surface area (Å²) in [5.41, 5.74) is 0.582. The van der Waals surface area contributed by atoms with Crippen LogP contribution >= 0.6 is 11.8 Å². The van der Waals surface area contributed by atoms with E-state index in [9.17, 15) is 0 Å². The van der Waals surface area contributed by atoms with Crippen LogP contribution in [0, 0.1) is 5.41 Å². The topological polar surface area (TPSA) is 0 Å². The summed E-state index contributed by atoms with van der Waals surface area (Å²) in [4.78, 5) is 0. The molecule has 0 aromatic heterocycles. The standard InChI is InChI=1S/C16H32S/c1-15(2)11-8-6-5-7-9-13-16(3,17-4)14-10-12-15/h5-14H2,1-4H3. The first-order valence-electron chi connectivity index (χ1n) is 7.53. The van der Waals surface area contributed by atoms with Gasteiger partial charge < -0.3 is 0 Å². The van der Waals surface area contributed by atoms with Crippen LogP contribution in [0.2, 0.25) is 0 Å². The van der Waals surface area contributed by atoms with Gasteiger partial charge in [-0.05, 0) is 37.4 Å². The summed E-state index contributed by atoms with van der Waals surface area (Å²) in [6.45, 7) is 7.42. The Balaban J connectivity index is 2.50. The molecule has 1 saturated carbocycles. The van der Waals surface area contributed by atoms with Crippen molar-refractivity contribution in [2.75, 3.05) is 6.26 Å². The van der Waals surface area contributed by atoms with E-state index in [-0.39, 0.29) is 0 Å². The molecule has 0 aromatic rings. The Morgan fingerprint density at radius 1 is 0.647 bits per heavy atom. The molecule has 0 aromatic carbocycles. The highest BCUT2D eigenvalue weighted by Crippen LogP contribution is 2.38. The van der Waals surface area contributed by atoms with E-state index in [1.165, 1.54) is 64.2 Å². The van der Waals surface area contributed by atoms with E-state index in [0.717, 1.165) is 0 Å². The van der Waals surface area contributed by atoms with Crippen LogP contribution in [0.15, 0.2) is 0 Å². The Kier molecular flexibility index (Phi) is 6.40. The minimum absolute atomic E-state index is 0.551. The predicted molar refractivity (Wildman–Crippen MR) is 81.9 cm³/mol. The molecule has 102 valence electrons. The van der Waals surface area contributed by atoms with Gasteiger partial charge in [0.1, 0.15) is 0 Å². The molecular formula is C16H32S. The Morgan fingerprint density at radius 3 is 1.76 bits per heavy atom. The summed E-state index contributed by atoms with van der Waals surface area (Å²) in [6.07, 6.45) is 16.7. The molecule has 0 bridgehead atoms. The molecule has 1 atom stereocenters. The van der Waals surface area contributed by atoms with Crippen LogP contribution in [0.3, 0.4) is 0 Å². The summed E-state index contributed by atoms with van der Waals surface area (Å²) < 4.78 is 0.551. The molecule has 0 saturated heterocycles. The fraction of sp³-hybridized carbons (Fsp3) is 1.00. The lowest BCUT2D eigenvalue weighted by molar-refractivity contribution is 0.273. The first-order valence-corrected chi connectivity index (χ1v) is 8.75. The van der Waals surface area contributed by atoms with Gasteiger partial charge in [-0.3, -0.25) is 0 Å². The Labute approximate surface area is 113 Å². The van der Waals surface area contributed by atoms with Crippen LogP contribution in [0.1, 0.15) is 85.0 Å². The minimum atomic E-state index is 0.551. The Bertz CT molecular complexity index is 210. The summed E-state index contributed by atoms with van der Waals surface area (Å²) in [5, 5.41) is 0. The minimum Gasteiger partial charge on any atom is -0.159 e. The van der Waals surface area contributed by atoms with Crippen molar-refractivity contribution in [1.82, 2.24) is 0 Å². The van der Waals surface area contributed by atoms with E-state index in [2.05, 4.69) is 38.8 Å². The van der Waals surface area contributed by atoms with Crippen LogP contribution in [0.25, 0.3) is 0 Å². The number of thioether (sulfide) groups is 1. The second-order valence-corrected chi connectivity index (χ2v) is 8.33. The monoisotopic (exact) mass is 256 g/mol. The zero-order chi connectivity index (χ0) is 12.8. The molecule has 1 fully saturated rings. The summed E-state index contributed by atoms with van der Waals surface area (Å²) >= 11 is 2.10. The molecule has 0 N–H and O–H groups in total. The van der Waals surface area contributed by atoms with Gasteiger partial charge in [0.05, 0.1) is 0 Å². The Morgan fingerprint density at radius 2 is 1.12 bits per heavy atom. The lowest BCUT2D eigenvalue weighted by Crippen LogP contribution is -2.21. The highest BCUT2D eigenvalue weighted by molar-refractivity contribution is 7.99. The zero-order valence-electron chi connectivity index (χ0n) is 12.5. The zero-order valence-corrected chi connectivity index (χ0v) is 13.3. The smallest absolute Gasteiger partial charge is 0.0129 e. The van der Waals surface area contributed by atoms with Gasteiger partial charge >= 0.3 is 0 Å². The van der Waals surface area contributed by atoms with E-state index in [1.54, 1.807) is 0 Å². The van der Waals surface area contributed by atoms with Crippen molar-refractivity contribution < 1.29 is 0 Å². The van der Waals surface area contributed by atoms with E-state index in [0.29, 0.717) is 10.2 Å². The fourth-order valence-corrected chi connectivity index (χ4v) is 3.72. The molecule has 0 nitrogen and oxygen atoms in total. The lowest BCUT2D eigenvalue weighted by atomic mass is 9.80. The number of hydrogen-bond donors (Lipinski definition) is 0. The van der Waals surface area contributed by atoms with E-state index in [4.69, 9.17) is 0 Å². The molecule has 0 radical (unpaired) electrons. The molecule has 0 spiro atoms. The molecule has 0 heterocycles. The van der Waals surface area contributed by atoms with Gasteiger partial charge in [-0.25, -0.2) is 0 Å². The molecule has 0 amide bonds. The summed E-state index contributed by atoms with van der Waals surface area (Å²) in [5.74, 6) is 0. The summed E-state index contributed by atoms with van der Waals surface area (Å²) in [7, 11) is 0. The maximum absolute atomic E-state index is 2.48. The normalized spacial score (nSPS) is 32.5. The highest BCUT2D eigenvalue weighted by Gasteiger charge is 2.25. The van der Waals surface area contributed by atoms with E-state index < -0.39 is 0 Å². The SMILES string of the molecule is CSC1(C)CCCCCCCC(C)(C)CCC1. The first kappa shape index (κ1) is 15.4. The third-order valence-electron chi connectivity index (χ3n) is 4.61. The summed E-state index contributed by atoms with van der Waals surface area (Å²) in [6, 6.07) is 0. The van der Waals surface area contributed by atoms with Gasteiger partial charge in [0.25, 0.3) is 0 Å². The second-order valence-electron chi connectivity index (χ2n) is 6.94. The molecule has 1 rings (SSSR count). The molecule has 1 aliphatic rings. The van der Waals surface area contributed by atoms with Gasteiger partial charge in [0.2, 0.25) is 0 Å². The van der Waals surface area contributed by atoms with Crippen molar-refractivity contribution in [2.45, 2.75) is 89.7 Å². The van der Waals surface area contributed by atoms with Crippen LogP contribution in [-0.4, -0.2) is 11.0 Å². The maximum Gasteiger partial charge on any atom is 0.0129 e. The average molecular weight is 256 g/mol. The molecule has 1 unspecified atom stereocenters. The van der Waals surface area contributed by atoms with Crippen molar-refractivity contribution in [3.8, 4) is 0 Å². The van der Waals surface area contributed by atoms with Gasteiger partial charge in [-0.15, -0.1) is 0 Å². The predicted octanol–water partition coefficient (Wildman–Crippen LogP) is 6.05. The molecular weight excluding hydrogens is 224 g/mol. The largest absolute Gasteiger partial charge is 0.159 e. The van der Waals surface area contributed by atoms with Crippen LogP contribution in [0.4, 0.5) is 0 Å². The van der Waals surface area contributed by atoms with Crippen molar-refractivity contribution in [2.24, 2.45) is 5.41 Å². The van der Waals surface area contributed by atoms with Gasteiger partial charge in [-0.2, -0.15) is 11.8 Å². The van der Waals surface area contributed by atoms with Gasteiger partial charge in [0, 0.05) is 4.75 Å². The molecule has 1 heteroatoms. The van der Waals surface area contributed by atoms with Gasteiger partial charge in [0.15, 0.2) is 0 Å². The van der Waals surface area contributed by atoms with Crippen LogP contribution < -0.4 is 0 Å². The quantitative estimate of drug-likeness (QED) is 0.550. The second kappa shape index (κ2) is 7.07. The maximum atomic E-state index is 2.48. The van der Waals surface area contributed by atoms with Crippen molar-refractivity contribution in [3.63, 3.8) is 0 Å². The average Bonchev–Trinajstić information content (AvgIpc) is 2.26. The van der Waals surface area contributed by atoms with E-state index in [1.807, 2.05) is 0 Å². The fourth-order valence-electron chi connectivity index (χ4n) is 3.03. The third-order valence-corrected chi connectivity index (χ3v) is 6.00. The molecule has 17 heavy (non-hydrogen) atoms. The lowest BCUT2D eigenvalue weighted by Gasteiger charge is -2.31. The molecule has 1 aliphatic carbocycles. The number of rotatable bonds is 1. The van der Waals surface area contributed by atoms with Crippen molar-refractivity contribution in [3.05, 3.63) is 0 Å². The Hall–Kier alpha value is 0.350. The van der Waals surface area contributed by atoms with Crippen LogP contribution in [0.5, 0.6) is 0 Å². The van der Waals surface area contributed by atoms with E-state index >= 15 is 0 Å². The highest BCUT2D eigenvalue weighted by atomic mass is 32.2. The first-order chi connectivity index (χ1) is 7.97. The molecule has 0 aliphatic heterocycles. The number of hydrogen-bond acceptors (Lipinski definition) is 1. The van der Waals surface area contributed by atoms with Crippen molar-refractivity contribution >= 4 is 11.8 Å². The van der Waals surface area contributed by atoms with Crippen molar-refractivity contribution in [1.29, 1.82) is 0 Å². The van der Waals surface area contributed by atoms with Crippen LogP contribution in [-0.2, 0) is 0 Å².